The smallest absolute Gasteiger partial charge is 0.0943 e. The second kappa shape index (κ2) is 5.37. The van der Waals surface area contributed by atoms with Gasteiger partial charge in [0, 0.05) is 6.04 Å². The van der Waals surface area contributed by atoms with Gasteiger partial charge in [0.1, 0.15) is 0 Å². The summed E-state index contributed by atoms with van der Waals surface area (Å²) in [6, 6.07) is 5.43. The van der Waals surface area contributed by atoms with Crippen LogP contribution in [0.5, 0.6) is 0 Å². The molecule has 1 fully saturated rings. The van der Waals surface area contributed by atoms with E-state index in [4.69, 9.17) is 23.2 Å². The van der Waals surface area contributed by atoms with Crippen LogP contribution >= 0.6 is 23.2 Å². The average molecular weight is 260 g/mol. The monoisotopic (exact) mass is 259 g/mol. The van der Waals surface area contributed by atoms with Gasteiger partial charge in [0.25, 0.3) is 0 Å². The zero-order valence-corrected chi connectivity index (χ0v) is 10.4. The van der Waals surface area contributed by atoms with E-state index in [0.717, 1.165) is 24.9 Å². The summed E-state index contributed by atoms with van der Waals surface area (Å²) < 4.78 is 0. The SMILES string of the molecule is OC(c1ccc(Cl)c(Cl)c1)[C@@H]1CCCCN1. The molecule has 2 N–H and O–H groups in total. The van der Waals surface area contributed by atoms with E-state index < -0.39 is 6.10 Å². The lowest BCUT2D eigenvalue weighted by Gasteiger charge is -2.28. The Labute approximate surface area is 106 Å². The first-order chi connectivity index (χ1) is 7.68. The lowest BCUT2D eigenvalue weighted by Crippen LogP contribution is -2.38. The third-order valence-corrected chi connectivity index (χ3v) is 3.75. The van der Waals surface area contributed by atoms with Gasteiger partial charge in [0.15, 0.2) is 0 Å². The van der Waals surface area contributed by atoms with Crippen LogP contribution in [0, 0.1) is 0 Å². The van der Waals surface area contributed by atoms with E-state index in [0.29, 0.717) is 10.0 Å². The summed E-state index contributed by atoms with van der Waals surface area (Å²) >= 11 is 11.8. The van der Waals surface area contributed by atoms with Crippen LogP contribution in [-0.2, 0) is 0 Å². The van der Waals surface area contributed by atoms with E-state index in [2.05, 4.69) is 5.32 Å². The standard InChI is InChI=1S/C12H15Cl2NO/c13-9-5-4-8(7-10(9)14)12(16)11-3-1-2-6-15-11/h4-5,7,11-12,15-16H,1-3,6H2/t11-,12?/m0/s1. The predicted molar refractivity (Wildman–Crippen MR) is 67.1 cm³/mol. The molecule has 88 valence electrons. The fourth-order valence-corrected chi connectivity index (χ4v) is 2.38. The Morgan fingerprint density at radius 3 is 2.69 bits per heavy atom. The number of hydrogen-bond donors (Lipinski definition) is 2. The molecule has 0 aromatic heterocycles. The zero-order chi connectivity index (χ0) is 11.5. The minimum absolute atomic E-state index is 0.131. The summed E-state index contributed by atoms with van der Waals surface area (Å²) in [6.07, 6.45) is 2.84. The Kier molecular flexibility index (Phi) is 4.09. The lowest BCUT2D eigenvalue weighted by atomic mass is 9.95. The van der Waals surface area contributed by atoms with E-state index in [1.54, 1.807) is 12.1 Å². The normalized spacial score (nSPS) is 23.1. The summed E-state index contributed by atoms with van der Waals surface area (Å²) in [5.74, 6) is 0. The molecule has 1 aromatic carbocycles. The highest BCUT2D eigenvalue weighted by Gasteiger charge is 2.22. The number of aliphatic hydroxyl groups excluding tert-OH is 1. The van der Waals surface area contributed by atoms with Crippen molar-refractivity contribution in [2.24, 2.45) is 0 Å². The van der Waals surface area contributed by atoms with Crippen molar-refractivity contribution >= 4 is 23.2 Å². The van der Waals surface area contributed by atoms with Gasteiger partial charge in [-0.2, -0.15) is 0 Å². The molecule has 1 aliphatic heterocycles. The molecule has 0 amide bonds. The largest absolute Gasteiger partial charge is 0.387 e. The summed E-state index contributed by atoms with van der Waals surface area (Å²) in [5, 5.41) is 14.5. The molecule has 0 spiro atoms. The van der Waals surface area contributed by atoms with Crippen LogP contribution in [0.15, 0.2) is 18.2 Å². The first kappa shape index (κ1) is 12.2. The minimum Gasteiger partial charge on any atom is -0.387 e. The third-order valence-electron chi connectivity index (χ3n) is 3.01. The van der Waals surface area contributed by atoms with Crippen LogP contribution in [0.1, 0.15) is 30.9 Å². The molecule has 0 bridgehead atoms. The molecular formula is C12H15Cl2NO. The van der Waals surface area contributed by atoms with E-state index in [-0.39, 0.29) is 6.04 Å². The van der Waals surface area contributed by atoms with Crippen molar-refractivity contribution in [3.63, 3.8) is 0 Å². The summed E-state index contributed by atoms with van der Waals surface area (Å²) in [5.41, 5.74) is 0.828. The van der Waals surface area contributed by atoms with Crippen LogP contribution in [0.25, 0.3) is 0 Å². The molecule has 0 saturated carbocycles. The minimum atomic E-state index is -0.505. The van der Waals surface area contributed by atoms with Gasteiger partial charge in [-0.25, -0.2) is 0 Å². The molecule has 1 aliphatic rings. The second-order valence-electron chi connectivity index (χ2n) is 4.17. The Morgan fingerprint density at radius 1 is 1.25 bits per heavy atom. The summed E-state index contributed by atoms with van der Waals surface area (Å²) in [4.78, 5) is 0. The fourth-order valence-electron chi connectivity index (χ4n) is 2.08. The Morgan fingerprint density at radius 2 is 2.06 bits per heavy atom. The molecule has 16 heavy (non-hydrogen) atoms. The first-order valence-electron chi connectivity index (χ1n) is 5.55. The molecule has 1 aromatic rings. The van der Waals surface area contributed by atoms with Gasteiger partial charge >= 0.3 is 0 Å². The van der Waals surface area contributed by atoms with Gasteiger partial charge < -0.3 is 10.4 Å². The second-order valence-corrected chi connectivity index (χ2v) is 4.99. The highest BCUT2D eigenvalue weighted by molar-refractivity contribution is 6.42. The molecule has 1 saturated heterocycles. The van der Waals surface area contributed by atoms with Crippen molar-refractivity contribution in [1.29, 1.82) is 0 Å². The number of benzene rings is 1. The molecule has 1 heterocycles. The van der Waals surface area contributed by atoms with Crippen molar-refractivity contribution < 1.29 is 5.11 Å². The molecule has 4 heteroatoms. The molecule has 2 nitrogen and oxygen atoms in total. The van der Waals surface area contributed by atoms with Crippen molar-refractivity contribution in [3.05, 3.63) is 33.8 Å². The van der Waals surface area contributed by atoms with Crippen molar-refractivity contribution in [1.82, 2.24) is 5.32 Å². The summed E-state index contributed by atoms with van der Waals surface area (Å²) in [6.45, 7) is 0.975. The number of aliphatic hydroxyl groups is 1. The van der Waals surface area contributed by atoms with Crippen molar-refractivity contribution in [2.75, 3.05) is 6.54 Å². The number of rotatable bonds is 2. The van der Waals surface area contributed by atoms with Crippen LogP contribution in [-0.4, -0.2) is 17.7 Å². The van der Waals surface area contributed by atoms with Crippen molar-refractivity contribution in [2.45, 2.75) is 31.4 Å². The maximum Gasteiger partial charge on any atom is 0.0943 e. The van der Waals surface area contributed by atoms with Gasteiger partial charge in [-0.05, 0) is 37.1 Å². The Hall–Kier alpha value is -0.280. The topological polar surface area (TPSA) is 32.3 Å². The van der Waals surface area contributed by atoms with Gasteiger partial charge in [-0.15, -0.1) is 0 Å². The van der Waals surface area contributed by atoms with Gasteiger partial charge in [0.2, 0.25) is 0 Å². The maximum absolute atomic E-state index is 10.2. The summed E-state index contributed by atoms with van der Waals surface area (Å²) in [7, 11) is 0. The van der Waals surface area contributed by atoms with Crippen molar-refractivity contribution in [3.8, 4) is 0 Å². The molecule has 2 rings (SSSR count). The van der Waals surface area contributed by atoms with Crippen LogP contribution in [0.2, 0.25) is 10.0 Å². The number of hydrogen-bond acceptors (Lipinski definition) is 2. The lowest BCUT2D eigenvalue weighted by molar-refractivity contribution is 0.114. The van der Waals surface area contributed by atoms with Gasteiger partial charge in [-0.1, -0.05) is 35.7 Å². The molecule has 2 atom stereocenters. The van der Waals surface area contributed by atoms with Crippen LogP contribution in [0.4, 0.5) is 0 Å². The first-order valence-corrected chi connectivity index (χ1v) is 6.30. The number of nitrogens with one attached hydrogen (secondary N) is 1. The van der Waals surface area contributed by atoms with E-state index in [1.807, 2.05) is 6.07 Å². The molecule has 1 unspecified atom stereocenters. The van der Waals surface area contributed by atoms with E-state index in [1.165, 1.54) is 6.42 Å². The molecular weight excluding hydrogens is 245 g/mol. The average Bonchev–Trinajstić information content (AvgIpc) is 2.33. The predicted octanol–water partition coefficient (Wildman–Crippen LogP) is 3.17. The fraction of sp³-hybridized carbons (Fsp3) is 0.500. The highest BCUT2D eigenvalue weighted by atomic mass is 35.5. The van der Waals surface area contributed by atoms with E-state index >= 15 is 0 Å². The third kappa shape index (κ3) is 2.69. The van der Waals surface area contributed by atoms with Gasteiger partial charge in [0.05, 0.1) is 16.1 Å². The quantitative estimate of drug-likeness (QED) is 0.856. The van der Waals surface area contributed by atoms with Crippen LogP contribution in [0.3, 0.4) is 0 Å². The Bertz CT molecular complexity index is 364. The maximum atomic E-state index is 10.2. The van der Waals surface area contributed by atoms with E-state index in [9.17, 15) is 5.11 Å². The highest BCUT2D eigenvalue weighted by Crippen LogP contribution is 2.28. The zero-order valence-electron chi connectivity index (χ0n) is 8.92. The molecule has 0 aliphatic carbocycles. The number of piperidine rings is 1. The molecule has 0 radical (unpaired) electrons. The Balaban J connectivity index is 2.12. The number of halogens is 2. The van der Waals surface area contributed by atoms with Crippen LogP contribution < -0.4 is 5.32 Å². The van der Waals surface area contributed by atoms with Gasteiger partial charge in [-0.3, -0.25) is 0 Å².